The molecule has 0 saturated heterocycles. The van der Waals surface area contributed by atoms with Gasteiger partial charge < -0.3 is 19.8 Å². The van der Waals surface area contributed by atoms with E-state index in [0.29, 0.717) is 22.4 Å². The van der Waals surface area contributed by atoms with Crippen molar-refractivity contribution in [2.75, 3.05) is 6.61 Å². The van der Waals surface area contributed by atoms with E-state index in [0.717, 1.165) is 5.56 Å². The number of esters is 1. The van der Waals surface area contributed by atoms with E-state index < -0.39 is 18.8 Å². The summed E-state index contributed by atoms with van der Waals surface area (Å²) < 4.78 is 46.1. The Morgan fingerprint density at radius 2 is 1.70 bits per heavy atom. The molecule has 0 spiro atoms. The molecule has 1 aromatic carbocycles. The minimum Gasteiger partial charge on any atom is -0.459 e. The number of hydrogen-bond acceptors (Lipinski definition) is 4. The van der Waals surface area contributed by atoms with Crippen LogP contribution in [0.5, 0.6) is 0 Å². The Hall–Kier alpha value is -2.81. The summed E-state index contributed by atoms with van der Waals surface area (Å²) in [5.41, 5.74) is 3.04. The van der Waals surface area contributed by atoms with Gasteiger partial charge in [-0.25, -0.2) is 4.79 Å². The normalized spacial score (nSPS) is 11.6. The Morgan fingerprint density at radius 1 is 1.10 bits per heavy atom. The lowest BCUT2D eigenvalue weighted by atomic mass is 10.1. The predicted molar refractivity (Wildman–Crippen MR) is 104 cm³/mol. The molecule has 2 N–H and O–H groups in total. The van der Waals surface area contributed by atoms with E-state index >= 15 is 0 Å². The summed E-state index contributed by atoms with van der Waals surface area (Å²) >= 11 is 0. The molecule has 0 aliphatic heterocycles. The van der Waals surface area contributed by atoms with Gasteiger partial charge in [0, 0.05) is 12.2 Å². The van der Waals surface area contributed by atoms with Gasteiger partial charge in [-0.05, 0) is 44.4 Å². The molecular formula is C21H25F3N2O4. The summed E-state index contributed by atoms with van der Waals surface area (Å²) in [6.07, 6.45) is -4.63. The van der Waals surface area contributed by atoms with E-state index in [4.69, 9.17) is 4.74 Å². The van der Waals surface area contributed by atoms with Gasteiger partial charge in [0.25, 0.3) is 5.91 Å². The number of carbonyl (C=O) groups excluding carboxylic acids is 2. The molecule has 0 fully saturated rings. The summed E-state index contributed by atoms with van der Waals surface area (Å²) in [4.78, 5) is 27.7. The number of halogens is 3. The maximum atomic E-state index is 12.5. The van der Waals surface area contributed by atoms with Gasteiger partial charge in [-0.2, -0.15) is 13.2 Å². The molecule has 164 valence electrons. The lowest BCUT2D eigenvalue weighted by Gasteiger charge is -2.09. The van der Waals surface area contributed by atoms with E-state index in [9.17, 15) is 22.8 Å². The van der Waals surface area contributed by atoms with Crippen LogP contribution in [0.15, 0.2) is 24.3 Å². The second kappa shape index (κ2) is 9.80. The zero-order valence-corrected chi connectivity index (χ0v) is 17.3. The average molecular weight is 426 g/mol. The fraction of sp³-hybridized carbons (Fsp3) is 0.429. The number of nitrogens with one attached hydrogen (secondary N) is 2. The smallest absolute Gasteiger partial charge is 0.411 e. The van der Waals surface area contributed by atoms with Gasteiger partial charge in [-0.1, -0.05) is 24.3 Å². The highest BCUT2D eigenvalue weighted by atomic mass is 19.4. The van der Waals surface area contributed by atoms with Crippen molar-refractivity contribution < 1.29 is 32.2 Å². The highest BCUT2D eigenvalue weighted by Gasteiger charge is 2.27. The summed E-state index contributed by atoms with van der Waals surface area (Å²) in [6.45, 7) is 5.62. The molecule has 2 rings (SSSR count). The Labute approximate surface area is 172 Å². The van der Waals surface area contributed by atoms with Crippen molar-refractivity contribution in [2.45, 2.75) is 53.1 Å². The van der Waals surface area contributed by atoms with E-state index in [2.05, 4.69) is 15.0 Å². The summed E-state index contributed by atoms with van der Waals surface area (Å²) in [5.74, 6) is -0.865. The van der Waals surface area contributed by atoms with Crippen molar-refractivity contribution in [3.05, 3.63) is 57.9 Å². The first-order valence-corrected chi connectivity index (χ1v) is 9.38. The Morgan fingerprint density at radius 3 is 2.27 bits per heavy atom. The predicted octanol–water partition coefficient (Wildman–Crippen LogP) is 4.21. The van der Waals surface area contributed by atoms with Crippen LogP contribution in [0.4, 0.5) is 13.2 Å². The number of hydrogen-bond donors (Lipinski definition) is 2. The number of H-pyrrole nitrogens is 1. The number of aromatic amines is 1. The van der Waals surface area contributed by atoms with Crippen LogP contribution in [0.25, 0.3) is 0 Å². The van der Waals surface area contributed by atoms with Gasteiger partial charge in [-0.15, -0.1) is 0 Å². The maximum absolute atomic E-state index is 12.5. The van der Waals surface area contributed by atoms with Crippen molar-refractivity contribution in [3.63, 3.8) is 0 Å². The van der Waals surface area contributed by atoms with Crippen molar-refractivity contribution in [1.82, 2.24) is 10.3 Å². The van der Waals surface area contributed by atoms with Crippen LogP contribution in [0.2, 0.25) is 0 Å². The number of amides is 1. The van der Waals surface area contributed by atoms with Crippen molar-refractivity contribution in [3.8, 4) is 0 Å². The average Bonchev–Trinajstić information content (AvgIpc) is 2.93. The molecule has 0 radical (unpaired) electrons. The molecule has 0 aliphatic carbocycles. The lowest BCUT2D eigenvalue weighted by molar-refractivity contribution is -0.176. The van der Waals surface area contributed by atoms with Gasteiger partial charge >= 0.3 is 12.1 Å². The van der Waals surface area contributed by atoms with Gasteiger partial charge in [0.05, 0.1) is 18.3 Å². The number of aromatic nitrogens is 1. The second-order valence-electron chi connectivity index (χ2n) is 7.19. The molecule has 0 aliphatic rings. The number of ether oxygens (including phenoxy) is 2. The molecular weight excluding hydrogens is 401 g/mol. The number of alkyl halides is 3. The molecule has 0 unspecified atom stereocenters. The largest absolute Gasteiger partial charge is 0.459 e. The van der Waals surface area contributed by atoms with Gasteiger partial charge in [0.1, 0.15) is 12.3 Å². The van der Waals surface area contributed by atoms with Crippen LogP contribution < -0.4 is 5.32 Å². The van der Waals surface area contributed by atoms with Crippen LogP contribution in [0.1, 0.15) is 57.1 Å². The van der Waals surface area contributed by atoms with E-state index in [1.165, 1.54) is 0 Å². The molecule has 9 heteroatoms. The summed E-state index contributed by atoms with van der Waals surface area (Å²) in [7, 11) is 0. The molecule has 1 aromatic heterocycles. The third-order valence-electron chi connectivity index (χ3n) is 4.22. The highest BCUT2D eigenvalue weighted by molar-refractivity contribution is 6.00. The highest BCUT2D eigenvalue weighted by Crippen LogP contribution is 2.20. The molecule has 1 heterocycles. The Balaban J connectivity index is 1.95. The number of benzene rings is 1. The molecule has 0 atom stereocenters. The first kappa shape index (κ1) is 23.5. The molecule has 2 aromatic rings. The van der Waals surface area contributed by atoms with Gasteiger partial charge in [0.2, 0.25) is 0 Å². The van der Waals surface area contributed by atoms with Crippen molar-refractivity contribution in [2.24, 2.45) is 0 Å². The van der Waals surface area contributed by atoms with Crippen LogP contribution in [0, 0.1) is 13.8 Å². The number of carbonyl (C=O) groups is 2. The molecule has 1 amide bonds. The first-order chi connectivity index (χ1) is 14.0. The third kappa shape index (κ3) is 6.62. The van der Waals surface area contributed by atoms with Crippen LogP contribution in [-0.4, -0.2) is 35.7 Å². The van der Waals surface area contributed by atoms with Gasteiger partial charge in [-0.3, -0.25) is 4.79 Å². The Bertz CT molecular complexity index is 887. The minimum absolute atomic E-state index is 0.150. The summed E-state index contributed by atoms with van der Waals surface area (Å²) in [6, 6.07) is 6.68. The van der Waals surface area contributed by atoms with Crippen LogP contribution in [-0.2, 0) is 22.6 Å². The molecule has 6 nitrogen and oxygen atoms in total. The monoisotopic (exact) mass is 426 g/mol. The maximum Gasteiger partial charge on any atom is 0.411 e. The third-order valence-corrected chi connectivity index (χ3v) is 4.22. The zero-order chi connectivity index (χ0) is 22.5. The standard InChI is InChI=1S/C21H25F3N2O4/c1-12(2)30-20(28)17-13(3)18(26-14(17)4)19(27)25-9-15-5-7-16(8-6-15)10-29-11-21(22,23)24/h5-8,12,26H,9-11H2,1-4H3,(H,25,27). The topological polar surface area (TPSA) is 80.4 Å². The van der Waals surface area contributed by atoms with Crippen molar-refractivity contribution >= 4 is 11.9 Å². The van der Waals surface area contributed by atoms with Crippen LogP contribution in [0.3, 0.4) is 0 Å². The van der Waals surface area contributed by atoms with Gasteiger partial charge in [0.15, 0.2) is 0 Å². The Kier molecular flexibility index (Phi) is 7.66. The lowest BCUT2D eigenvalue weighted by Crippen LogP contribution is -2.24. The first-order valence-electron chi connectivity index (χ1n) is 9.38. The molecule has 0 saturated carbocycles. The number of rotatable bonds is 8. The van der Waals surface area contributed by atoms with Crippen LogP contribution >= 0.6 is 0 Å². The number of aryl methyl sites for hydroxylation is 1. The summed E-state index contributed by atoms with van der Waals surface area (Å²) in [5, 5.41) is 2.76. The van der Waals surface area contributed by atoms with Crippen molar-refractivity contribution in [1.29, 1.82) is 0 Å². The van der Waals surface area contributed by atoms with E-state index in [1.807, 2.05) is 0 Å². The second-order valence-corrected chi connectivity index (χ2v) is 7.19. The SMILES string of the molecule is Cc1[nH]c(C(=O)NCc2ccc(COCC(F)(F)F)cc2)c(C)c1C(=O)OC(C)C. The molecule has 30 heavy (non-hydrogen) atoms. The van der Waals surface area contributed by atoms with E-state index in [1.54, 1.807) is 52.0 Å². The minimum atomic E-state index is -4.36. The zero-order valence-electron chi connectivity index (χ0n) is 17.3. The quantitative estimate of drug-likeness (QED) is 0.620. The van der Waals surface area contributed by atoms with E-state index in [-0.39, 0.29) is 30.9 Å². The fourth-order valence-electron chi connectivity index (χ4n) is 2.86. The fourth-order valence-corrected chi connectivity index (χ4v) is 2.86. The molecule has 0 bridgehead atoms.